The number of fused-ring (bicyclic) bond motifs is 3. The highest BCUT2D eigenvalue weighted by Gasteiger charge is 2.17. The van der Waals surface area contributed by atoms with Crippen LogP contribution in [0.4, 0.5) is 5.69 Å². The molecule has 1 aliphatic rings. The summed E-state index contributed by atoms with van der Waals surface area (Å²) in [7, 11) is 0. The molecule has 3 aromatic rings. The van der Waals surface area contributed by atoms with Crippen molar-refractivity contribution in [3.63, 3.8) is 0 Å². The maximum Gasteiger partial charge on any atom is 0.0400 e. The number of nitrogens with one attached hydrogen (secondary N) is 1. The van der Waals surface area contributed by atoms with Crippen molar-refractivity contribution in [1.29, 1.82) is 0 Å². The topological polar surface area (TPSA) is 12.0 Å². The maximum absolute atomic E-state index is 3.58. The fourth-order valence-corrected chi connectivity index (χ4v) is 3.58. The van der Waals surface area contributed by atoms with Crippen molar-refractivity contribution in [2.75, 3.05) is 5.32 Å². The number of anilines is 1. The van der Waals surface area contributed by atoms with Gasteiger partial charge in [-0.2, -0.15) is 0 Å². The fraction of sp³-hybridized carbons (Fsp3) is 0.250. The summed E-state index contributed by atoms with van der Waals surface area (Å²) in [5, 5.41) is 3.58. The van der Waals surface area contributed by atoms with Crippen LogP contribution >= 0.6 is 0 Å². The second kappa shape index (κ2) is 6.07. The Kier molecular flexibility index (Phi) is 3.88. The van der Waals surface area contributed by atoms with Gasteiger partial charge in [-0.15, -0.1) is 0 Å². The predicted octanol–water partition coefficient (Wildman–Crippen LogP) is 6.17. The van der Waals surface area contributed by atoms with E-state index >= 15 is 0 Å². The van der Waals surface area contributed by atoms with Crippen molar-refractivity contribution in [2.45, 2.75) is 39.2 Å². The van der Waals surface area contributed by atoms with Gasteiger partial charge < -0.3 is 5.32 Å². The number of hydrogen-bond acceptors (Lipinski definition) is 1. The Hall–Kier alpha value is -2.54. The number of hydrogen-bond donors (Lipinski definition) is 1. The molecule has 1 aliphatic carbocycles. The Bertz CT molecular complexity index is 898. The highest BCUT2D eigenvalue weighted by Crippen LogP contribution is 2.37. The van der Waals surface area contributed by atoms with Crippen LogP contribution in [-0.2, 0) is 18.4 Å². The highest BCUT2D eigenvalue weighted by molar-refractivity contribution is 5.78. The van der Waals surface area contributed by atoms with Crippen LogP contribution in [0.25, 0.3) is 11.1 Å². The zero-order valence-corrected chi connectivity index (χ0v) is 15.3. The van der Waals surface area contributed by atoms with E-state index in [1.54, 1.807) is 0 Å². The van der Waals surface area contributed by atoms with Crippen LogP contribution in [0.2, 0.25) is 0 Å². The van der Waals surface area contributed by atoms with E-state index in [1.165, 1.54) is 39.1 Å². The normalized spacial score (nSPS) is 12.6. The van der Waals surface area contributed by atoms with E-state index in [-0.39, 0.29) is 5.41 Å². The number of rotatable bonds is 3. The first kappa shape index (κ1) is 16.0. The largest absolute Gasteiger partial charge is 0.381 e. The maximum atomic E-state index is 3.58. The van der Waals surface area contributed by atoms with E-state index in [1.807, 2.05) is 0 Å². The quantitative estimate of drug-likeness (QED) is 0.474. The van der Waals surface area contributed by atoms with E-state index in [4.69, 9.17) is 0 Å². The molecule has 0 bridgehead atoms. The molecule has 126 valence electrons. The van der Waals surface area contributed by atoms with Crippen molar-refractivity contribution in [1.82, 2.24) is 0 Å². The standard InChI is InChI=1S/C24H25N/c1-24(2,3)20-10-8-17(9-11-20)16-25-21-12-13-23-19(15-21)14-18-6-4-5-7-22(18)23/h4-13,15,25H,14,16H2,1-3H3. The molecule has 0 unspecified atom stereocenters. The summed E-state index contributed by atoms with van der Waals surface area (Å²) >= 11 is 0. The van der Waals surface area contributed by atoms with E-state index < -0.39 is 0 Å². The molecular formula is C24H25N. The van der Waals surface area contributed by atoms with Gasteiger partial charge in [-0.1, -0.05) is 75.4 Å². The van der Waals surface area contributed by atoms with Crippen molar-refractivity contribution < 1.29 is 0 Å². The minimum Gasteiger partial charge on any atom is -0.381 e. The van der Waals surface area contributed by atoms with E-state index in [0.29, 0.717) is 0 Å². The molecule has 0 radical (unpaired) electrons. The van der Waals surface area contributed by atoms with Crippen molar-refractivity contribution >= 4 is 5.69 Å². The first-order valence-corrected chi connectivity index (χ1v) is 9.05. The minimum absolute atomic E-state index is 0.209. The Morgan fingerprint density at radius 1 is 0.800 bits per heavy atom. The second-order valence-corrected chi connectivity index (χ2v) is 8.01. The SMILES string of the molecule is CC(C)(C)c1ccc(CNc2ccc3c(c2)Cc2ccccc2-3)cc1. The molecule has 1 N–H and O–H groups in total. The summed E-state index contributed by atoms with van der Waals surface area (Å²) < 4.78 is 0. The van der Waals surface area contributed by atoms with E-state index in [9.17, 15) is 0 Å². The van der Waals surface area contributed by atoms with Crippen molar-refractivity contribution in [3.05, 3.63) is 89.0 Å². The van der Waals surface area contributed by atoms with Gasteiger partial charge in [-0.05, 0) is 57.3 Å². The van der Waals surface area contributed by atoms with Crippen LogP contribution in [0.1, 0.15) is 43.0 Å². The average molecular weight is 327 g/mol. The predicted molar refractivity (Wildman–Crippen MR) is 107 cm³/mol. The molecule has 0 saturated heterocycles. The molecule has 3 aromatic carbocycles. The zero-order valence-electron chi connectivity index (χ0n) is 15.3. The summed E-state index contributed by atoms with van der Waals surface area (Å²) in [6.45, 7) is 7.62. The summed E-state index contributed by atoms with van der Waals surface area (Å²) in [4.78, 5) is 0. The van der Waals surface area contributed by atoms with Crippen LogP contribution in [0.5, 0.6) is 0 Å². The molecule has 25 heavy (non-hydrogen) atoms. The first-order valence-electron chi connectivity index (χ1n) is 9.05. The highest BCUT2D eigenvalue weighted by atomic mass is 14.9. The average Bonchev–Trinajstić information content (AvgIpc) is 2.97. The van der Waals surface area contributed by atoms with Crippen LogP contribution < -0.4 is 5.32 Å². The Morgan fingerprint density at radius 2 is 1.52 bits per heavy atom. The third kappa shape index (κ3) is 3.19. The second-order valence-electron chi connectivity index (χ2n) is 8.01. The van der Waals surface area contributed by atoms with Gasteiger partial charge >= 0.3 is 0 Å². The molecule has 4 rings (SSSR count). The van der Waals surface area contributed by atoms with Crippen LogP contribution in [-0.4, -0.2) is 0 Å². The summed E-state index contributed by atoms with van der Waals surface area (Å²) in [6, 6.07) is 24.4. The monoisotopic (exact) mass is 327 g/mol. The van der Waals surface area contributed by atoms with Crippen LogP contribution in [0.15, 0.2) is 66.7 Å². The van der Waals surface area contributed by atoms with Crippen molar-refractivity contribution in [2.24, 2.45) is 0 Å². The van der Waals surface area contributed by atoms with Gasteiger partial charge in [0, 0.05) is 12.2 Å². The lowest BCUT2D eigenvalue weighted by Crippen LogP contribution is -2.11. The van der Waals surface area contributed by atoms with Gasteiger partial charge in [-0.3, -0.25) is 0 Å². The minimum atomic E-state index is 0.209. The summed E-state index contributed by atoms with van der Waals surface area (Å²) in [5.41, 5.74) is 9.75. The van der Waals surface area contributed by atoms with Gasteiger partial charge in [0.2, 0.25) is 0 Å². The zero-order chi connectivity index (χ0) is 17.4. The third-order valence-electron chi connectivity index (χ3n) is 5.11. The fourth-order valence-electron chi connectivity index (χ4n) is 3.58. The molecule has 0 fully saturated rings. The third-order valence-corrected chi connectivity index (χ3v) is 5.11. The van der Waals surface area contributed by atoms with Gasteiger partial charge in [0.15, 0.2) is 0 Å². The van der Waals surface area contributed by atoms with Crippen molar-refractivity contribution in [3.8, 4) is 11.1 Å². The van der Waals surface area contributed by atoms with Gasteiger partial charge in [-0.25, -0.2) is 0 Å². The molecule has 0 amide bonds. The molecule has 0 heterocycles. The molecule has 0 saturated carbocycles. The molecule has 1 nitrogen and oxygen atoms in total. The van der Waals surface area contributed by atoms with Gasteiger partial charge in [0.25, 0.3) is 0 Å². The molecule has 0 atom stereocenters. The molecule has 1 heteroatoms. The van der Waals surface area contributed by atoms with Crippen LogP contribution in [0.3, 0.4) is 0 Å². The molecular weight excluding hydrogens is 302 g/mol. The van der Waals surface area contributed by atoms with Gasteiger partial charge in [0.05, 0.1) is 0 Å². The number of benzene rings is 3. The van der Waals surface area contributed by atoms with Gasteiger partial charge in [0.1, 0.15) is 0 Å². The summed E-state index contributed by atoms with van der Waals surface area (Å²) in [6.07, 6.45) is 1.04. The summed E-state index contributed by atoms with van der Waals surface area (Å²) in [5.74, 6) is 0. The van der Waals surface area contributed by atoms with E-state index in [2.05, 4.69) is 92.8 Å². The van der Waals surface area contributed by atoms with E-state index in [0.717, 1.165) is 13.0 Å². The Morgan fingerprint density at radius 3 is 2.28 bits per heavy atom. The molecule has 0 aliphatic heterocycles. The lowest BCUT2D eigenvalue weighted by Gasteiger charge is -2.19. The molecule has 0 aromatic heterocycles. The molecule has 0 spiro atoms. The van der Waals surface area contributed by atoms with Crippen LogP contribution in [0, 0.1) is 0 Å². The Labute approximate surface area is 150 Å². The Balaban J connectivity index is 1.47. The smallest absolute Gasteiger partial charge is 0.0400 e. The lowest BCUT2D eigenvalue weighted by atomic mass is 9.87. The lowest BCUT2D eigenvalue weighted by molar-refractivity contribution is 0.590. The first-order chi connectivity index (χ1) is 12.0.